The molecule has 0 aliphatic carbocycles. The van der Waals surface area contributed by atoms with E-state index in [2.05, 4.69) is 10.4 Å². The van der Waals surface area contributed by atoms with Gasteiger partial charge in [0, 0.05) is 28.9 Å². The van der Waals surface area contributed by atoms with Gasteiger partial charge in [-0.2, -0.15) is 5.10 Å². The fraction of sp³-hybridized carbons (Fsp3) is 0.111. The standard InChI is InChI=1S/C18H16ClN3OS/c19-15-4-8-17(9-5-15)24-13-18(23)20-12-14-2-6-16(7-3-14)22-11-1-10-21-22/h1-11H,12-13H2,(H,20,23). The van der Waals surface area contributed by atoms with Gasteiger partial charge in [0.15, 0.2) is 0 Å². The summed E-state index contributed by atoms with van der Waals surface area (Å²) < 4.78 is 1.80. The van der Waals surface area contributed by atoms with Gasteiger partial charge in [-0.05, 0) is 48.0 Å². The van der Waals surface area contributed by atoms with E-state index in [4.69, 9.17) is 11.6 Å². The van der Waals surface area contributed by atoms with Crippen molar-refractivity contribution in [1.29, 1.82) is 0 Å². The molecule has 0 aliphatic heterocycles. The highest BCUT2D eigenvalue weighted by Crippen LogP contribution is 2.20. The largest absolute Gasteiger partial charge is 0.351 e. The molecule has 3 rings (SSSR count). The molecule has 0 fully saturated rings. The molecule has 1 N–H and O–H groups in total. The number of aromatic nitrogens is 2. The van der Waals surface area contributed by atoms with E-state index in [1.807, 2.05) is 60.8 Å². The third-order valence-corrected chi connectivity index (χ3v) is 4.64. The highest BCUT2D eigenvalue weighted by molar-refractivity contribution is 8.00. The summed E-state index contributed by atoms with van der Waals surface area (Å²) in [6.45, 7) is 0.513. The van der Waals surface area contributed by atoms with Crippen molar-refractivity contribution in [2.45, 2.75) is 11.4 Å². The maximum atomic E-state index is 11.9. The van der Waals surface area contributed by atoms with E-state index in [-0.39, 0.29) is 5.91 Å². The molecule has 0 unspecified atom stereocenters. The molecule has 6 heteroatoms. The lowest BCUT2D eigenvalue weighted by Gasteiger charge is -2.07. The first-order valence-corrected chi connectivity index (χ1v) is 8.81. The van der Waals surface area contributed by atoms with Crippen LogP contribution in [0.1, 0.15) is 5.56 Å². The van der Waals surface area contributed by atoms with Crippen molar-refractivity contribution in [2.24, 2.45) is 0 Å². The zero-order valence-electron chi connectivity index (χ0n) is 12.9. The van der Waals surface area contributed by atoms with Crippen LogP contribution in [0.15, 0.2) is 71.9 Å². The van der Waals surface area contributed by atoms with Gasteiger partial charge in [0.2, 0.25) is 5.91 Å². The Morgan fingerprint density at radius 2 is 1.88 bits per heavy atom. The van der Waals surface area contributed by atoms with Gasteiger partial charge < -0.3 is 5.32 Å². The van der Waals surface area contributed by atoms with Crippen LogP contribution >= 0.6 is 23.4 Å². The predicted molar refractivity (Wildman–Crippen MR) is 97.6 cm³/mol. The van der Waals surface area contributed by atoms with E-state index in [0.717, 1.165) is 16.1 Å². The third kappa shape index (κ3) is 4.63. The number of amides is 1. The molecule has 3 aromatic rings. The third-order valence-electron chi connectivity index (χ3n) is 3.38. The van der Waals surface area contributed by atoms with Crippen molar-refractivity contribution in [3.8, 4) is 5.69 Å². The van der Waals surface area contributed by atoms with E-state index in [9.17, 15) is 4.79 Å². The number of rotatable bonds is 6. The summed E-state index contributed by atoms with van der Waals surface area (Å²) in [4.78, 5) is 13.0. The lowest BCUT2D eigenvalue weighted by atomic mass is 10.2. The number of nitrogens with zero attached hydrogens (tertiary/aromatic N) is 2. The average molecular weight is 358 g/mol. The number of benzene rings is 2. The molecule has 1 aromatic heterocycles. The molecule has 0 spiro atoms. The van der Waals surface area contributed by atoms with Crippen molar-refractivity contribution in [3.63, 3.8) is 0 Å². The molecular weight excluding hydrogens is 342 g/mol. The molecule has 0 aliphatic rings. The summed E-state index contributed by atoms with van der Waals surface area (Å²) >= 11 is 7.33. The van der Waals surface area contributed by atoms with Gasteiger partial charge in [-0.3, -0.25) is 4.79 Å². The number of carbonyl (C=O) groups excluding carboxylic acids is 1. The van der Waals surface area contributed by atoms with E-state index < -0.39 is 0 Å². The summed E-state index contributed by atoms with van der Waals surface area (Å²) in [7, 11) is 0. The molecular formula is C18H16ClN3OS. The molecule has 1 amide bonds. The Labute approximate surface area is 149 Å². The number of carbonyl (C=O) groups is 1. The van der Waals surface area contributed by atoms with Crippen LogP contribution in [0.3, 0.4) is 0 Å². The van der Waals surface area contributed by atoms with Crippen molar-refractivity contribution in [1.82, 2.24) is 15.1 Å². The van der Waals surface area contributed by atoms with E-state index in [1.54, 1.807) is 10.9 Å². The van der Waals surface area contributed by atoms with Crippen LogP contribution in [-0.4, -0.2) is 21.4 Å². The first-order chi connectivity index (χ1) is 11.7. The number of hydrogen-bond donors (Lipinski definition) is 1. The SMILES string of the molecule is O=C(CSc1ccc(Cl)cc1)NCc1ccc(-n2cccn2)cc1. The predicted octanol–water partition coefficient (Wildman–Crippen LogP) is 3.93. The highest BCUT2D eigenvalue weighted by Gasteiger charge is 2.04. The fourth-order valence-electron chi connectivity index (χ4n) is 2.12. The summed E-state index contributed by atoms with van der Waals surface area (Å²) in [5, 5.41) is 7.81. The fourth-order valence-corrected chi connectivity index (χ4v) is 2.97. The van der Waals surface area contributed by atoms with Gasteiger partial charge in [-0.15, -0.1) is 11.8 Å². The van der Waals surface area contributed by atoms with Crippen LogP contribution in [0.2, 0.25) is 5.02 Å². The Bertz CT molecular complexity index is 786. The molecule has 2 aromatic carbocycles. The second kappa shape index (κ2) is 8.04. The number of hydrogen-bond acceptors (Lipinski definition) is 3. The quantitative estimate of drug-likeness (QED) is 0.680. The Hall–Kier alpha value is -2.24. The Morgan fingerprint density at radius 3 is 2.54 bits per heavy atom. The summed E-state index contributed by atoms with van der Waals surface area (Å²) in [5.41, 5.74) is 2.05. The van der Waals surface area contributed by atoms with Crippen LogP contribution < -0.4 is 5.32 Å². The van der Waals surface area contributed by atoms with Crippen molar-refractivity contribution in [2.75, 3.05) is 5.75 Å². The maximum absolute atomic E-state index is 11.9. The van der Waals surface area contributed by atoms with Crippen LogP contribution in [0.5, 0.6) is 0 Å². The summed E-state index contributed by atoms with van der Waals surface area (Å²) in [6, 6.07) is 17.3. The number of thioether (sulfide) groups is 1. The minimum atomic E-state index is 0.00565. The molecule has 24 heavy (non-hydrogen) atoms. The van der Waals surface area contributed by atoms with Crippen LogP contribution in [0, 0.1) is 0 Å². The van der Waals surface area contributed by atoms with E-state index in [0.29, 0.717) is 17.3 Å². The van der Waals surface area contributed by atoms with Gasteiger partial charge in [0.1, 0.15) is 0 Å². The van der Waals surface area contributed by atoms with Crippen molar-refractivity contribution >= 4 is 29.3 Å². The van der Waals surface area contributed by atoms with Crippen LogP contribution in [0.25, 0.3) is 5.69 Å². The Morgan fingerprint density at radius 1 is 1.12 bits per heavy atom. The first kappa shape index (κ1) is 16.6. The van der Waals surface area contributed by atoms with Crippen molar-refractivity contribution in [3.05, 3.63) is 77.6 Å². The van der Waals surface area contributed by atoms with Gasteiger partial charge in [0.25, 0.3) is 0 Å². The van der Waals surface area contributed by atoms with Gasteiger partial charge >= 0.3 is 0 Å². The monoisotopic (exact) mass is 357 g/mol. The average Bonchev–Trinajstić information content (AvgIpc) is 3.14. The number of halogens is 1. The molecule has 122 valence electrons. The zero-order chi connectivity index (χ0) is 16.8. The summed E-state index contributed by atoms with van der Waals surface area (Å²) in [6.07, 6.45) is 3.64. The molecule has 1 heterocycles. The molecule has 4 nitrogen and oxygen atoms in total. The topological polar surface area (TPSA) is 46.9 Å². The molecule has 0 bridgehead atoms. The Kier molecular flexibility index (Phi) is 5.56. The van der Waals surface area contributed by atoms with Gasteiger partial charge in [0.05, 0.1) is 11.4 Å². The lowest BCUT2D eigenvalue weighted by molar-refractivity contribution is -0.118. The van der Waals surface area contributed by atoms with Gasteiger partial charge in [-0.25, -0.2) is 4.68 Å². The Balaban J connectivity index is 1.46. The van der Waals surface area contributed by atoms with E-state index >= 15 is 0 Å². The van der Waals surface area contributed by atoms with Crippen LogP contribution in [0.4, 0.5) is 0 Å². The highest BCUT2D eigenvalue weighted by atomic mass is 35.5. The molecule has 0 saturated carbocycles. The second-order valence-corrected chi connectivity index (χ2v) is 6.62. The van der Waals surface area contributed by atoms with Crippen molar-refractivity contribution < 1.29 is 4.79 Å². The lowest BCUT2D eigenvalue weighted by Crippen LogP contribution is -2.24. The maximum Gasteiger partial charge on any atom is 0.230 e. The second-order valence-electron chi connectivity index (χ2n) is 5.14. The minimum Gasteiger partial charge on any atom is -0.351 e. The molecule has 0 radical (unpaired) electrons. The van der Waals surface area contributed by atoms with Crippen LogP contribution in [-0.2, 0) is 11.3 Å². The first-order valence-electron chi connectivity index (χ1n) is 7.45. The normalized spacial score (nSPS) is 10.5. The number of nitrogens with one attached hydrogen (secondary N) is 1. The summed E-state index contributed by atoms with van der Waals surface area (Å²) in [5.74, 6) is 0.388. The van der Waals surface area contributed by atoms with E-state index in [1.165, 1.54) is 11.8 Å². The minimum absolute atomic E-state index is 0.00565. The zero-order valence-corrected chi connectivity index (χ0v) is 14.4. The smallest absolute Gasteiger partial charge is 0.230 e. The molecule has 0 atom stereocenters. The molecule has 0 saturated heterocycles. The van der Waals surface area contributed by atoms with Gasteiger partial charge in [-0.1, -0.05) is 23.7 Å².